The molecule has 0 spiro atoms. The van der Waals surface area contributed by atoms with Crippen LogP contribution in [0.4, 0.5) is 5.69 Å². The summed E-state index contributed by atoms with van der Waals surface area (Å²) in [6.45, 7) is 9.77. The average Bonchev–Trinajstić information content (AvgIpc) is 2.83. The summed E-state index contributed by atoms with van der Waals surface area (Å²) in [5.41, 5.74) is 2.01. The van der Waals surface area contributed by atoms with Gasteiger partial charge in [-0.2, -0.15) is 0 Å². The van der Waals surface area contributed by atoms with Crippen LogP contribution < -0.4 is 5.32 Å². The fourth-order valence-electron chi connectivity index (χ4n) is 2.00. The number of nitrogens with zero attached hydrogens (tertiary/aromatic N) is 1. The topological polar surface area (TPSA) is 79.3 Å². The van der Waals surface area contributed by atoms with Crippen LogP contribution in [0.1, 0.15) is 57.1 Å². The van der Waals surface area contributed by atoms with E-state index in [1.54, 1.807) is 13.0 Å². The van der Waals surface area contributed by atoms with Gasteiger partial charge < -0.3 is 10.4 Å². The third-order valence-corrected chi connectivity index (χ3v) is 4.96. The molecule has 1 aromatic heterocycles. The van der Waals surface area contributed by atoms with Gasteiger partial charge >= 0.3 is 5.97 Å². The number of aryl methyl sites for hydroxylation is 2. The molecule has 0 fully saturated rings. The van der Waals surface area contributed by atoms with Gasteiger partial charge in [0, 0.05) is 11.1 Å². The van der Waals surface area contributed by atoms with Crippen molar-refractivity contribution in [2.75, 3.05) is 5.32 Å². The van der Waals surface area contributed by atoms with Crippen LogP contribution in [0, 0.1) is 13.8 Å². The molecular weight excluding hydrogens is 312 g/mol. The highest BCUT2D eigenvalue weighted by Crippen LogP contribution is 2.30. The molecule has 5 nitrogen and oxygen atoms in total. The molecular formula is C17H20N2O3S. The molecule has 0 atom stereocenters. The van der Waals surface area contributed by atoms with E-state index >= 15 is 0 Å². The lowest BCUT2D eigenvalue weighted by molar-refractivity contribution is 0.0696. The quantitative estimate of drug-likeness (QED) is 0.890. The molecule has 122 valence electrons. The number of rotatable bonds is 3. The normalized spacial score (nSPS) is 11.3. The first-order chi connectivity index (χ1) is 10.6. The van der Waals surface area contributed by atoms with Gasteiger partial charge in [0.05, 0.1) is 16.3 Å². The molecule has 2 N–H and O–H groups in total. The van der Waals surface area contributed by atoms with Crippen LogP contribution in [0.5, 0.6) is 0 Å². The molecule has 0 aliphatic rings. The second-order valence-electron chi connectivity index (χ2n) is 6.47. The molecule has 23 heavy (non-hydrogen) atoms. The van der Waals surface area contributed by atoms with Crippen LogP contribution in [-0.4, -0.2) is 22.0 Å². The van der Waals surface area contributed by atoms with Gasteiger partial charge in [-0.3, -0.25) is 4.79 Å². The van der Waals surface area contributed by atoms with Gasteiger partial charge in [0.1, 0.15) is 4.88 Å². The number of hydrogen-bond acceptors (Lipinski definition) is 4. The number of aromatic nitrogens is 1. The molecule has 0 aliphatic carbocycles. The average molecular weight is 332 g/mol. The van der Waals surface area contributed by atoms with E-state index in [9.17, 15) is 9.59 Å². The van der Waals surface area contributed by atoms with Gasteiger partial charge in [-0.05, 0) is 31.5 Å². The summed E-state index contributed by atoms with van der Waals surface area (Å²) in [4.78, 5) is 28.6. The second kappa shape index (κ2) is 6.12. The Bertz CT molecular complexity index is 773. The molecule has 0 bridgehead atoms. The highest BCUT2D eigenvalue weighted by atomic mass is 32.1. The predicted octanol–water partition coefficient (Wildman–Crippen LogP) is 4.01. The summed E-state index contributed by atoms with van der Waals surface area (Å²) in [7, 11) is 0. The highest BCUT2D eigenvalue weighted by Gasteiger charge is 2.23. The molecule has 1 aromatic carbocycles. The number of amides is 1. The maximum Gasteiger partial charge on any atom is 0.335 e. The summed E-state index contributed by atoms with van der Waals surface area (Å²) in [6.07, 6.45) is 0. The Morgan fingerprint density at radius 1 is 1.22 bits per heavy atom. The minimum Gasteiger partial charge on any atom is -0.478 e. The number of nitrogens with one attached hydrogen (secondary N) is 1. The molecule has 0 unspecified atom stereocenters. The maximum atomic E-state index is 12.5. The Balaban J connectivity index is 2.31. The summed E-state index contributed by atoms with van der Waals surface area (Å²) >= 11 is 1.37. The molecule has 6 heteroatoms. The van der Waals surface area contributed by atoms with E-state index in [0.29, 0.717) is 16.3 Å². The fraction of sp³-hybridized carbons (Fsp3) is 0.353. The van der Waals surface area contributed by atoms with Crippen molar-refractivity contribution in [3.63, 3.8) is 0 Å². The predicted molar refractivity (Wildman–Crippen MR) is 91.6 cm³/mol. The van der Waals surface area contributed by atoms with E-state index in [0.717, 1.165) is 10.6 Å². The Morgan fingerprint density at radius 3 is 2.39 bits per heavy atom. The van der Waals surface area contributed by atoms with Crippen LogP contribution in [0.25, 0.3) is 0 Å². The van der Waals surface area contributed by atoms with Crippen LogP contribution in [-0.2, 0) is 5.41 Å². The van der Waals surface area contributed by atoms with E-state index in [1.165, 1.54) is 23.5 Å². The Hall–Kier alpha value is -2.21. The van der Waals surface area contributed by atoms with Crippen molar-refractivity contribution in [1.82, 2.24) is 4.98 Å². The smallest absolute Gasteiger partial charge is 0.335 e. The van der Waals surface area contributed by atoms with Crippen molar-refractivity contribution >= 4 is 28.9 Å². The Kier molecular flexibility index (Phi) is 4.56. The Morgan fingerprint density at radius 2 is 1.87 bits per heavy atom. The standard InChI is InChI=1S/C17H20N2O3S/c1-9-6-7-11(15(21)22)8-12(9)19-14(20)13-10(2)18-16(23-13)17(3,4)5/h6-8H,1-5H3,(H,19,20)(H,21,22). The van der Waals surface area contributed by atoms with E-state index in [2.05, 4.69) is 10.3 Å². The number of carboxylic acids is 1. The van der Waals surface area contributed by atoms with Crippen LogP contribution in [0.3, 0.4) is 0 Å². The SMILES string of the molecule is Cc1ccc(C(=O)O)cc1NC(=O)c1sc(C(C)(C)C)nc1C. The van der Waals surface area contributed by atoms with Crippen LogP contribution in [0.15, 0.2) is 18.2 Å². The van der Waals surface area contributed by atoms with Gasteiger partial charge in [-0.1, -0.05) is 26.8 Å². The number of carbonyl (C=O) groups is 2. The molecule has 0 radical (unpaired) electrons. The molecule has 2 rings (SSSR count). The lowest BCUT2D eigenvalue weighted by Crippen LogP contribution is -2.13. The molecule has 0 saturated carbocycles. The highest BCUT2D eigenvalue weighted by molar-refractivity contribution is 7.14. The van der Waals surface area contributed by atoms with Crippen molar-refractivity contribution in [1.29, 1.82) is 0 Å². The number of carbonyl (C=O) groups excluding carboxylic acids is 1. The summed E-state index contributed by atoms with van der Waals surface area (Å²) in [5, 5.41) is 12.8. The minimum atomic E-state index is -1.02. The largest absolute Gasteiger partial charge is 0.478 e. The molecule has 0 saturated heterocycles. The number of anilines is 1. The molecule has 1 heterocycles. The lowest BCUT2D eigenvalue weighted by atomic mass is 9.98. The minimum absolute atomic E-state index is 0.118. The number of benzene rings is 1. The molecule has 0 aliphatic heterocycles. The van der Waals surface area contributed by atoms with Gasteiger partial charge in [-0.25, -0.2) is 9.78 Å². The summed E-state index contributed by atoms with van der Waals surface area (Å²) < 4.78 is 0. The zero-order valence-corrected chi connectivity index (χ0v) is 14.7. The number of thiazole rings is 1. The number of carboxylic acid groups (broad SMARTS) is 1. The molecule has 1 amide bonds. The van der Waals surface area contributed by atoms with E-state index in [4.69, 9.17) is 5.11 Å². The van der Waals surface area contributed by atoms with Crippen molar-refractivity contribution in [2.45, 2.75) is 40.0 Å². The summed E-state index contributed by atoms with van der Waals surface area (Å²) in [5.74, 6) is -1.29. The van der Waals surface area contributed by atoms with E-state index in [-0.39, 0.29) is 16.9 Å². The lowest BCUT2D eigenvalue weighted by Gasteiger charge is -2.13. The first kappa shape index (κ1) is 17.1. The zero-order chi connectivity index (χ0) is 17.4. The molecule has 2 aromatic rings. The van der Waals surface area contributed by atoms with Crippen molar-refractivity contribution in [2.24, 2.45) is 0 Å². The van der Waals surface area contributed by atoms with E-state index in [1.807, 2.05) is 27.7 Å². The van der Waals surface area contributed by atoms with Crippen molar-refractivity contribution in [3.8, 4) is 0 Å². The number of hydrogen-bond donors (Lipinski definition) is 2. The van der Waals surface area contributed by atoms with Crippen LogP contribution >= 0.6 is 11.3 Å². The van der Waals surface area contributed by atoms with Crippen molar-refractivity contribution < 1.29 is 14.7 Å². The number of aromatic carboxylic acids is 1. The first-order valence-electron chi connectivity index (χ1n) is 7.23. The van der Waals surface area contributed by atoms with Gasteiger partial charge in [0.25, 0.3) is 5.91 Å². The Labute approximate surface area is 139 Å². The van der Waals surface area contributed by atoms with Crippen molar-refractivity contribution in [3.05, 3.63) is 44.9 Å². The monoisotopic (exact) mass is 332 g/mol. The second-order valence-corrected chi connectivity index (χ2v) is 7.47. The van der Waals surface area contributed by atoms with Crippen LogP contribution in [0.2, 0.25) is 0 Å². The zero-order valence-electron chi connectivity index (χ0n) is 13.9. The van der Waals surface area contributed by atoms with E-state index < -0.39 is 5.97 Å². The maximum absolute atomic E-state index is 12.5. The fourth-order valence-corrected chi connectivity index (χ4v) is 3.02. The third kappa shape index (κ3) is 3.76. The van der Waals surface area contributed by atoms with Gasteiger partial charge in [-0.15, -0.1) is 11.3 Å². The van der Waals surface area contributed by atoms with Gasteiger partial charge in [0.15, 0.2) is 0 Å². The first-order valence-corrected chi connectivity index (χ1v) is 8.04. The third-order valence-electron chi connectivity index (χ3n) is 3.38. The summed E-state index contributed by atoms with van der Waals surface area (Å²) in [6, 6.07) is 4.67. The van der Waals surface area contributed by atoms with Gasteiger partial charge in [0.2, 0.25) is 0 Å².